The van der Waals surface area contributed by atoms with Crippen LogP contribution in [-0.2, 0) is 0 Å². The Hall–Kier alpha value is -2.47. The molecule has 0 aliphatic rings. The Balaban J connectivity index is 1.80. The maximum Gasteiger partial charge on any atom is 0.270 e. The Morgan fingerprint density at radius 2 is 2.14 bits per heavy atom. The van der Waals surface area contributed by atoms with Crippen molar-refractivity contribution >= 4 is 17.2 Å². The van der Waals surface area contributed by atoms with E-state index in [1.54, 1.807) is 11.6 Å². The molecule has 5 nitrogen and oxygen atoms in total. The van der Waals surface area contributed by atoms with Gasteiger partial charge in [0.1, 0.15) is 5.69 Å². The molecule has 0 aliphatic carbocycles. The van der Waals surface area contributed by atoms with Crippen LogP contribution in [0.25, 0.3) is 22.2 Å². The van der Waals surface area contributed by atoms with Crippen molar-refractivity contribution in [3.8, 4) is 22.2 Å². The van der Waals surface area contributed by atoms with Gasteiger partial charge < -0.3 is 9.73 Å². The topological polar surface area (TPSA) is 68.0 Å². The van der Waals surface area contributed by atoms with Gasteiger partial charge in [-0.1, -0.05) is 25.1 Å². The number of nitrogens with one attached hydrogen (secondary N) is 1. The first-order valence-electron chi connectivity index (χ1n) is 7.03. The van der Waals surface area contributed by atoms with Gasteiger partial charge in [-0.3, -0.25) is 4.79 Å². The van der Waals surface area contributed by atoms with Crippen molar-refractivity contribution < 1.29 is 9.21 Å². The third kappa shape index (κ3) is 3.07. The highest BCUT2D eigenvalue weighted by Crippen LogP contribution is 2.28. The molecule has 0 spiro atoms. The summed E-state index contributed by atoms with van der Waals surface area (Å²) in [6, 6.07) is 9.66. The molecule has 6 heteroatoms. The highest BCUT2D eigenvalue weighted by atomic mass is 32.1. The Morgan fingerprint density at radius 3 is 2.91 bits per heavy atom. The van der Waals surface area contributed by atoms with Gasteiger partial charge in [0.05, 0.1) is 6.20 Å². The zero-order chi connectivity index (χ0) is 15.4. The Kier molecular flexibility index (Phi) is 4.29. The monoisotopic (exact) mass is 313 g/mol. The van der Waals surface area contributed by atoms with Crippen LogP contribution in [0.15, 0.2) is 46.3 Å². The van der Waals surface area contributed by atoms with E-state index in [1.807, 2.05) is 37.3 Å². The molecule has 1 aromatic carbocycles. The van der Waals surface area contributed by atoms with E-state index in [4.69, 9.17) is 4.42 Å². The van der Waals surface area contributed by atoms with Crippen molar-refractivity contribution in [3.05, 3.63) is 47.6 Å². The summed E-state index contributed by atoms with van der Waals surface area (Å²) in [5, 5.41) is 5.18. The summed E-state index contributed by atoms with van der Waals surface area (Å²) in [4.78, 5) is 20.4. The van der Waals surface area contributed by atoms with Crippen LogP contribution in [0, 0.1) is 0 Å². The average Bonchev–Trinajstić information content (AvgIpc) is 3.22. The van der Waals surface area contributed by atoms with Gasteiger partial charge in [0.2, 0.25) is 5.89 Å². The number of carbonyl (C=O) groups excluding carboxylic acids is 1. The highest BCUT2D eigenvalue weighted by Gasteiger charge is 2.15. The summed E-state index contributed by atoms with van der Waals surface area (Å²) < 4.78 is 5.74. The SMILES string of the molecule is CCCNC(=O)c1csc(-c2cnc(-c3ccccc3)o2)n1. The summed E-state index contributed by atoms with van der Waals surface area (Å²) in [5.74, 6) is 0.952. The fourth-order valence-electron chi connectivity index (χ4n) is 1.91. The van der Waals surface area contributed by atoms with E-state index in [2.05, 4.69) is 15.3 Å². The quantitative estimate of drug-likeness (QED) is 0.781. The summed E-state index contributed by atoms with van der Waals surface area (Å²) in [5.41, 5.74) is 1.32. The Morgan fingerprint density at radius 1 is 1.32 bits per heavy atom. The van der Waals surface area contributed by atoms with Gasteiger partial charge in [-0.05, 0) is 18.6 Å². The van der Waals surface area contributed by atoms with Crippen LogP contribution in [0.4, 0.5) is 0 Å². The van der Waals surface area contributed by atoms with Crippen LogP contribution in [0.5, 0.6) is 0 Å². The lowest BCUT2D eigenvalue weighted by molar-refractivity contribution is 0.0949. The molecule has 3 rings (SSSR count). The Bertz CT molecular complexity index is 765. The molecule has 0 unspecified atom stereocenters. The molecule has 1 amide bonds. The minimum atomic E-state index is -0.160. The van der Waals surface area contributed by atoms with E-state index in [0.717, 1.165) is 12.0 Å². The van der Waals surface area contributed by atoms with Crippen LogP contribution in [0.1, 0.15) is 23.8 Å². The first-order valence-corrected chi connectivity index (χ1v) is 7.91. The second kappa shape index (κ2) is 6.53. The molecule has 0 fully saturated rings. The van der Waals surface area contributed by atoms with Gasteiger partial charge in [-0.25, -0.2) is 9.97 Å². The average molecular weight is 313 g/mol. The fourth-order valence-corrected chi connectivity index (χ4v) is 2.65. The molecule has 0 atom stereocenters. The lowest BCUT2D eigenvalue weighted by Crippen LogP contribution is -2.24. The van der Waals surface area contributed by atoms with Crippen LogP contribution in [0.2, 0.25) is 0 Å². The molecule has 3 aromatic rings. The number of thiazole rings is 1. The van der Waals surface area contributed by atoms with E-state index in [9.17, 15) is 4.79 Å². The number of oxazole rings is 1. The first kappa shape index (κ1) is 14.5. The number of hydrogen-bond donors (Lipinski definition) is 1. The highest BCUT2D eigenvalue weighted by molar-refractivity contribution is 7.13. The molecule has 0 saturated carbocycles. The van der Waals surface area contributed by atoms with E-state index in [1.165, 1.54) is 11.3 Å². The van der Waals surface area contributed by atoms with Gasteiger partial charge in [-0.2, -0.15) is 0 Å². The number of amides is 1. The van der Waals surface area contributed by atoms with Crippen molar-refractivity contribution in [2.75, 3.05) is 6.54 Å². The van der Waals surface area contributed by atoms with Gasteiger partial charge in [0.25, 0.3) is 5.91 Å². The first-order chi connectivity index (χ1) is 10.8. The number of aromatic nitrogens is 2. The third-order valence-electron chi connectivity index (χ3n) is 3.01. The largest absolute Gasteiger partial charge is 0.434 e. The van der Waals surface area contributed by atoms with Crippen LogP contribution in [-0.4, -0.2) is 22.4 Å². The Labute approximate surface area is 132 Å². The molecule has 0 radical (unpaired) electrons. The smallest absolute Gasteiger partial charge is 0.270 e. The maximum absolute atomic E-state index is 11.9. The van der Waals surface area contributed by atoms with Crippen LogP contribution < -0.4 is 5.32 Å². The second-order valence-corrected chi connectivity index (χ2v) is 5.55. The van der Waals surface area contributed by atoms with E-state index >= 15 is 0 Å². The lowest BCUT2D eigenvalue weighted by atomic mass is 10.2. The van der Waals surface area contributed by atoms with E-state index in [0.29, 0.717) is 28.9 Å². The van der Waals surface area contributed by atoms with Crippen molar-refractivity contribution in [1.29, 1.82) is 0 Å². The lowest BCUT2D eigenvalue weighted by Gasteiger charge is -1.98. The second-order valence-electron chi connectivity index (χ2n) is 4.69. The summed E-state index contributed by atoms with van der Waals surface area (Å²) in [6.07, 6.45) is 2.53. The van der Waals surface area contributed by atoms with Crippen LogP contribution >= 0.6 is 11.3 Å². The molecule has 0 aliphatic heterocycles. The molecular weight excluding hydrogens is 298 g/mol. The predicted molar refractivity (Wildman–Crippen MR) is 85.7 cm³/mol. The van der Waals surface area contributed by atoms with Gasteiger partial charge in [0, 0.05) is 17.5 Å². The predicted octanol–water partition coefficient (Wildman–Crippen LogP) is 3.60. The summed E-state index contributed by atoms with van der Waals surface area (Å²) in [6.45, 7) is 2.65. The van der Waals surface area contributed by atoms with E-state index in [-0.39, 0.29) is 5.91 Å². The zero-order valence-corrected chi connectivity index (χ0v) is 12.9. The van der Waals surface area contributed by atoms with E-state index < -0.39 is 0 Å². The number of rotatable bonds is 5. The molecule has 22 heavy (non-hydrogen) atoms. The van der Waals surface area contributed by atoms with Crippen molar-refractivity contribution in [1.82, 2.24) is 15.3 Å². The number of hydrogen-bond acceptors (Lipinski definition) is 5. The normalized spacial score (nSPS) is 10.6. The van der Waals surface area contributed by atoms with Gasteiger partial charge in [0.15, 0.2) is 10.8 Å². The minimum absolute atomic E-state index is 0.160. The van der Waals surface area contributed by atoms with Crippen LogP contribution in [0.3, 0.4) is 0 Å². The van der Waals surface area contributed by atoms with Gasteiger partial charge in [-0.15, -0.1) is 11.3 Å². The number of carbonyl (C=O) groups is 1. The molecular formula is C16H15N3O2S. The number of nitrogens with zero attached hydrogens (tertiary/aromatic N) is 2. The van der Waals surface area contributed by atoms with Crippen molar-refractivity contribution in [3.63, 3.8) is 0 Å². The molecule has 112 valence electrons. The molecule has 0 saturated heterocycles. The number of benzene rings is 1. The summed E-state index contributed by atoms with van der Waals surface area (Å²) >= 11 is 1.37. The molecule has 2 aromatic heterocycles. The summed E-state index contributed by atoms with van der Waals surface area (Å²) in [7, 11) is 0. The van der Waals surface area contributed by atoms with Crippen molar-refractivity contribution in [2.24, 2.45) is 0 Å². The third-order valence-corrected chi connectivity index (χ3v) is 3.87. The van der Waals surface area contributed by atoms with Gasteiger partial charge >= 0.3 is 0 Å². The maximum atomic E-state index is 11.9. The standard InChI is InChI=1S/C16H15N3O2S/c1-2-8-17-14(20)12-10-22-16(19-12)13-9-18-15(21-13)11-6-4-3-5-7-11/h3-7,9-10H,2,8H2,1H3,(H,17,20). The fraction of sp³-hybridized carbons (Fsp3) is 0.188. The van der Waals surface area contributed by atoms with Crippen molar-refractivity contribution in [2.45, 2.75) is 13.3 Å². The molecule has 0 bridgehead atoms. The minimum Gasteiger partial charge on any atom is -0.434 e. The molecule has 1 N–H and O–H groups in total. The molecule has 2 heterocycles. The zero-order valence-electron chi connectivity index (χ0n) is 12.1.